The van der Waals surface area contributed by atoms with Crippen LogP contribution in [0.15, 0.2) is 42.6 Å². The minimum absolute atomic E-state index is 0.0100. The van der Waals surface area contributed by atoms with Crippen molar-refractivity contribution in [3.8, 4) is 5.75 Å². The van der Waals surface area contributed by atoms with E-state index in [2.05, 4.69) is 16.9 Å². The van der Waals surface area contributed by atoms with Crippen molar-refractivity contribution in [1.82, 2.24) is 14.8 Å². The molecular formula is C22H26N4O3. The number of aromatic nitrogens is 1. The molecule has 4 rings (SSSR count). The molecule has 0 unspecified atom stereocenters. The number of carbonyl (C=O) groups is 2. The fraction of sp³-hybridized carbons (Fsp3) is 0.409. The second kappa shape index (κ2) is 8.21. The predicted octanol–water partition coefficient (Wildman–Crippen LogP) is 1.83. The Bertz CT molecular complexity index is 908. The zero-order chi connectivity index (χ0) is 20.4. The van der Waals surface area contributed by atoms with Crippen LogP contribution < -0.4 is 9.64 Å². The number of ether oxygens (including phenoxy) is 1. The van der Waals surface area contributed by atoms with Gasteiger partial charge >= 0.3 is 0 Å². The van der Waals surface area contributed by atoms with Gasteiger partial charge in [0.05, 0.1) is 7.11 Å². The minimum Gasteiger partial charge on any atom is -0.494 e. The van der Waals surface area contributed by atoms with Crippen LogP contribution in [-0.2, 0) is 11.2 Å². The molecule has 0 bridgehead atoms. The normalized spacial score (nSPS) is 19.6. The van der Waals surface area contributed by atoms with Crippen LogP contribution in [0.25, 0.3) is 0 Å². The third kappa shape index (κ3) is 3.70. The topological polar surface area (TPSA) is 66.0 Å². The van der Waals surface area contributed by atoms with Crippen LogP contribution in [0.2, 0.25) is 0 Å². The van der Waals surface area contributed by atoms with Crippen molar-refractivity contribution in [2.75, 3.05) is 45.2 Å². The lowest BCUT2D eigenvalue weighted by molar-refractivity contribution is -0.134. The first kappa shape index (κ1) is 19.4. The summed E-state index contributed by atoms with van der Waals surface area (Å²) in [7, 11) is 3.58. The fourth-order valence-corrected chi connectivity index (χ4v) is 4.10. The van der Waals surface area contributed by atoms with E-state index in [1.54, 1.807) is 23.2 Å². The van der Waals surface area contributed by atoms with Crippen LogP contribution in [0, 0.1) is 0 Å². The van der Waals surface area contributed by atoms with Crippen molar-refractivity contribution in [2.45, 2.75) is 18.9 Å². The molecular weight excluding hydrogens is 368 g/mol. The van der Waals surface area contributed by atoms with Gasteiger partial charge in [0.1, 0.15) is 11.8 Å². The summed E-state index contributed by atoms with van der Waals surface area (Å²) in [6.07, 6.45) is 2.94. The van der Waals surface area contributed by atoms with Crippen molar-refractivity contribution in [1.29, 1.82) is 0 Å². The van der Waals surface area contributed by atoms with E-state index in [-0.39, 0.29) is 17.5 Å². The lowest BCUT2D eigenvalue weighted by Gasteiger charge is -2.40. The number of nitrogens with zero attached hydrogens (tertiary/aromatic N) is 4. The first-order chi connectivity index (χ1) is 14.1. The zero-order valence-electron chi connectivity index (χ0n) is 16.9. The molecule has 152 valence electrons. The van der Waals surface area contributed by atoms with E-state index < -0.39 is 6.04 Å². The summed E-state index contributed by atoms with van der Waals surface area (Å²) in [5.74, 6) is 0.115. The average molecular weight is 394 g/mol. The maximum Gasteiger partial charge on any atom is 0.281 e. The quantitative estimate of drug-likeness (QED) is 0.795. The van der Waals surface area contributed by atoms with Gasteiger partial charge < -0.3 is 14.5 Å². The number of amides is 2. The molecule has 0 spiro atoms. The highest BCUT2D eigenvalue weighted by Gasteiger charge is 2.39. The summed E-state index contributed by atoms with van der Waals surface area (Å²) in [4.78, 5) is 37.0. The van der Waals surface area contributed by atoms with Crippen molar-refractivity contribution in [3.63, 3.8) is 0 Å². The summed E-state index contributed by atoms with van der Waals surface area (Å²) < 4.78 is 5.36. The molecule has 1 atom stereocenters. The van der Waals surface area contributed by atoms with Crippen molar-refractivity contribution < 1.29 is 14.3 Å². The van der Waals surface area contributed by atoms with Gasteiger partial charge in [0, 0.05) is 38.1 Å². The molecule has 3 heterocycles. The van der Waals surface area contributed by atoms with Gasteiger partial charge in [0.25, 0.3) is 5.91 Å². The van der Waals surface area contributed by atoms with Gasteiger partial charge in [0.2, 0.25) is 5.91 Å². The number of hydrogen-bond acceptors (Lipinski definition) is 5. The number of piperazine rings is 1. The largest absolute Gasteiger partial charge is 0.494 e. The molecule has 0 saturated carbocycles. The van der Waals surface area contributed by atoms with Crippen molar-refractivity contribution in [2.24, 2.45) is 0 Å². The molecule has 7 heteroatoms. The van der Waals surface area contributed by atoms with Crippen molar-refractivity contribution in [3.05, 3.63) is 53.9 Å². The standard InChI is InChI=1S/C22H26N4O3/c1-24-12-14-25(15-13-24)21(27)18-10-9-16-6-3-4-7-17(16)26(18)22(28)20-19(29-2)8-5-11-23-20/h3-8,11,18H,9-10,12-15H2,1-2H3/t18-/m0/s1. The summed E-state index contributed by atoms with van der Waals surface area (Å²) in [5, 5.41) is 0. The van der Waals surface area contributed by atoms with Crippen molar-refractivity contribution >= 4 is 17.5 Å². The Balaban J connectivity index is 1.71. The lowest BCUT2D eigenvalue weighted by atomic mass is 9.94. The smallest absolute Gasteiger partial charge is 0.281 e. The Labute approximate surface area is 170 Å². The van der Waals surface area contributed by atoms with Crippen LogP contribution in [0.3, 0.4) is 0 Å². The van der Waals surface area contributed by atoms with Gasteiger partial charge in [-0.1, -0.05) is 18.2 Å². The molecule has 2 aromatic rings. The molecule has 29 heavy (non-hydrogen) atoms. The molecule has 0 aliphatic carbocycles. The molecule has 1 aromatic heterocycles. The Morgan fingerprint density at radius 3 is 2.59 bits per heavy atom. The second-order valence-corrected chi connectivity index (χ2v) is 7.54. The highest BCUT2D eigenvalue weighted by molar-refractivity contribution is 6.11. The lowest BCUT2D eigenvalue weighted by Crippen LogP contribution is -2.57. The Hall–Kier alpha value is -2.93. The third-order valence-corrected chi connectivity index (χ3v) is 5.76. The van der Waals surface area contributed by atoms with Gasteiger partial charge in [-0.15, -0.1) is 0 Å². The number of anilines is 1. The van der Waals surface area contributed by atoms with Gasteiger partial charge in [-0.2, -0.15) is 0 Å². The highest BCUT2D eigenvalue weighted by Crippen LogP contribution is 2.34. The van der Waals surface area contributed by atoms with E-state index in [1.165, 1.54) is 7.11 Å². The molecule has 2 aliphatic heterocycles. The monoisotopic (exact) mass is 394 g/mol. The highest BCUT2D eigenvalue weighted by atomic mass is 16.5. The Kier molecular flexibility index (Phi) is 5.49. The SMILES string of the molecule is COc1cccnc1C(=O)N1c2ccccc2CC[C@H]1C(=O)N1CCN(C)CC1. The first-order valence-corrected chi connectivity index (χ1v) is 9.98. The number of pyridine rings is 1. The molecule has 2 aliphatic rings. The van der Waals surface area contributed by atoms with Gasteiger partial charge in [-0.25, -0.2) is 4.98 Å². The van der Waals surface area contributed by atoms with Crippen LogP contribution in [-0.4, -0.2) is 73.0 Å². The molecule has 0 N–H and O–H groups in total. The molecule has 7 nitrogen and oxygen atoms in total. The minimum atomic E-state index is -0.535. The number of hydrogen-bond donors (Lipinski definition) is 0. The summed E-state index contributed by atoms with van der Waals surface area (Å²) >= 11 is 0. The van der Waals surface area contributed by atoms with E-state index in [9.17, 15) is 9.59 Å². The first-order valence-electron chi connectivity index (χ1n) is 9.98. The predicted molar refractivity (Wildman–Crippen MR) is 110 cm³/mol. The third-order valence-electron chi connectivity index (χ3n) is 5.76. The van der Waals surface area contributed by atoms with Crippen LogP contribution in [0.5, 0.6) is 5.75 Å². The average Bonchev–Trinajstić information content (AvgIpc) is 2.77. The number of likely N-dealkylation sites (N-methyl/N-ethyl adjacent to an activating group) is 1. The van der Waals surface area contributed by atoms with E-state index in [4.69, 9.17) is 4.74 Å². The number of aryl methyl sites for hydroxylation is 1. The van der Waals surface area contributed by atoms with Gasteiger partial charge in [-0.3, -0.25) is 14.5 Å². The molecule has 1 fully saturated rings. The second-order valence-electron chi connectivity index (χ2n) is 7.54. The van der Waals surface area contributed by atoms with E-state index in [0.29, 0.717) is 25.3 Å². The van der Waals surface area contributed by atoms with E-state index >= 15 is 0 Å². The van der Waals surface area contributed by atoms with Crippen LogP contribution in [0.1, 0.15) is 22.5 Å². The molecule has 1 aromatic carbocycles. The number of carbonyl (C=O) groups excluding carboxylic acids is 2. The molecule has 0 radical (unpaired) electrons. The fourth-order valence-electron chi connectivity index (χ4n) is 4.10. The van der Waals surface area contributed by atoms with Gasteiger partial charge in [-0.05, 0) is 43.7 Å². The van der Waals surface area contributed by atoms with E-state index in [0.717, 1.165) is 30.8 Å². The molecule has 2 amide bonds. The van der Waals surface area contributed by atoms with Gasteiger partial charge in [0.15, 0.2) is 5.69 Å². The summed E-state index contributed by atoms with van der Waals surface area (Å²) in [6.45, 7) is 3.05. The summed E-state index contributed by atoms with van der Waals surface area (Å²) in [6, 6.07) is 10.7. The number of fused-ring (bicyclic) bond motifs is 1. The number of para-hydroxylation sites is 1. The zero-order valence-corrected chi connectivity index (χ0v) is 16.9. The van der Waals surface area contributed by atoms with Crippen LogP contribution >= 0.6 is 0 Å². The summed E-state index contributed by atoms with van der Waals surface area (Å²) in [5.41, 5.74) is 2.07. The Morgan fingerprint density at radius 1 is 1.07 bits per heavy atom. The Morgan fingerprint density at radius 2 is 1.83 bits per heavy atom. The van der Waals surface area contributed by atoms with Crippen LogP contribution in [0.4, 0.5) is 5.69 Å². The number of methoxy groups -OCH3 is 1. The van der Waals surface area contributed by atoms with E-state index in [1.807, 2.05) is 29.2 Å². The number of rotatable bonds is 3. The maximum atomic E-state index is 13.6. The number of benzene rings is 1. The maximum absolute atomic E-state index is 13.6. The molecule has 1 saturated heterocycles.